The van der Waals surface area contributed by atoms with Crippen molar-refractivity contribution in [2.24, 2.45) is 7.05 Å². The zero-order chi connectivity index (χ0) is 12.4. The van der Waals surface area contributed by atoms with Crippen LogP contribution in [-0.2, 0) is 13.5 Å². The Morgan fingerprint density at radius 2 is 2.12 bits per heavy atom. The molecule has 0 aliphatic rings. The second-order valence-electron chi connectivity index (χ2n) is 4.32. The number of anilines is 1. The Balaban J connectivity index is 2.48. The standard InChI is InChI=1S/C13H18N4/c1-4-5-12-15-13(17(3)16-12)10-8-9(2)6-7-11(10)14/h6-8H,4-5,14H2,1-3H3. The third-order valence-corrected chi connectivity index (χ3v) is 2.73. The number of aryl methyl sites for hydroxylation is 3. The van der Waals surface area contributed by atoms with Crippen LogP contribution in [0.4, 0.5) is 5.69 Å². The summed E-state index contributed by atoms with van der Waals surface area (Å²) in [4.78, 5) is 4.54. The number of nitrogens with zero attached hydrogens (tertiary/aromatic N) is 3. The lowest BCUT2D eigenvalue weighted by Crippen LogP contribution is -1.98. The molecule has 0 amide bonds. The van der Waals surface area contributed by atoms with E-state index in [0.717, 1.165) is 35.7 Å². The van der Waals surface area contributed by atoms with E-state index in [2.05, 4.69) is 23.1 Å². The molecule has 1 heterocycles. The molecule has 0 radical (unpaired) electrons. The van der Waals surface area contributed by atoms with Crippen LogP contribution in [0, 0.1) is 6.92 Å². The molecule has 0 unspecified atom stereocenters. The highest BCUT2D eigenvalue weighted by Gasteiger charge is 2.11. The second-order valence-corrected chi connectivity index (χ2v) is 4.32. The molecule has 2 N–H and O–H groups in total. The average molecular weight is 230 g/mol. The molecule has 0 saturated carbocycles. The summed E-state index contributed by atoms with van der Waals surface area (Å²) in [6.45, 7) is 4.17. The summed E-state index contributed by atoms with van der Waals surface area (Å²) >= 11 is 0. The molecule has 17 heavy (non-hydrogen) atoms. The van der Waals surface area contributed by atoms with Gasteiger partial charge in [0.1, 0.15) is 0 Å². The van der Waals surface area contributed by atoms with Crippen LogP contribution in [-0.4, -0.2) is 14.8 Å². The lowest BCUT2D eigenvalue weighted by molar-refractivity contribution is 0.738. The minimum atomic E-state index is 0.745. The Hall–Kier alpha value is -1.84. The van der Waals surface area contributed by atoms with E-state index in [1.807, 2.05) is 26.1 Å². The zero-order valence-electron chi connectivity index (χ0n) is 10.6. The first-order chi connectivity index (χ1) is 8.11. The minimum Gasteiger partial charge on any atom is -0.398 e. The number of nitrogens with two attached hydrogens (primary N) is 1. The highest BCUT2D eigenvalue weighted by atomic mass is 15.3. The van der Waals surface area contributed by atoms with Gasteiger partial charge in [0.15, 0.2) is 11.6 Å². The Labute approximate surface area is 101 Å². The second kappa shape index (κ2) is 4.57. The SMILES string of the molecule is CCCc1nc(-c2cc(C)ccc2N)n(C)n1. The van der Waals surface area contributed by atoms with E-state index >= 15 is 0 Å². The molecular formula is C13H18N4. The van der Waals surface area contributed by atoms with E-state index < -0.39 is 0 Å². The lowest BCUT2D eigenvalue weighted by Gasteiger charge is -2.05. The van der Waals surface area contributed by atoms with Gasteiger partial charge in [0.25, 0.3) is 0 Å². The molecule has 1 aromatic heterocycles. The summed E-state index contributed by atoms with van der Waals surface area (Å²) in [5.74, 6) is 1.72. The molecule has 4 heteroatoms. The molecule has 0 aliphatic carbocycles. The van der Waals surface area contributed by atoms with Crippen molar-refractivity contribution in [1.82, 2.24) is 14.8 Å². The highest BCUT2D eigenvalue weighted by Crippen LogP contribution is 2.25. The van der Waals surface area contributed by atoms with Crippen LogP contribution in [0.5, 0.6) is 0 Å². The van der Waals surface area contributed by atoms with E-state index in [9.17, 15) is 0 Å². The van der Waals surface area contributed by atoms with Crippen molar-refractivity contribution in [3.63, 3.8) is 0 Å². The largest absolute Gasteiger partial charge is 0.398 e. The number of hydrogen-bond acceptors (Lipinski definition) is 3. The van der Waals surface area contributed by atoms with E-state index in [1.165, 1.54) is 5.56 Å². The van der Waals surface area contributed by atoms with Crippen molar-refractivity contribution in [1.29, 1.82) is 0 Å². The van der Waals surface area contributed by atoms with Gasteiger partial charge in [-0.05, 0) is 25.5 Å². The van der Waals surface area contributed by atoms with Crippen molar-refractivity contribution in [3.05, 3.63) is 29.6 Å². The maximum atomic E-state index is 5.99. The molecule has 0 saturated heterocycles. The van der Waals surface area contributed by atoms with Crippen LogP contribution >= 0.6 is 0 Å². The molecule has 0 atom stereocenters. The normalized spacial score (nSPS) is 10.8. The minimum absolute atomic E-state index is 0.745. The average Bonchev–Trinajstić information content (AvgIpc) is 2.64. The van der Waals surface area contributed by atoms with Crippen molar-refractivity contribution in [2.75, 3.05) is 5.73 Å². The Bertz CT molecular complexity index is 528. The number of rotatable bonds is 3. The predicted octanol–water partition coefficient (Wildman–Crippen LogP) is 2.33. The molecule has 2 rings (SSSR count). The van der Waals surface area contributed by atoms with Crippen LogP contribution in [0.15, 0.2) is 18.2 Å². The van der Waals surface area contributed by atoms with Gasteiger partial charge in [-0.2, -0.15) is 5.10 Å². The van der Waals surface area contributed by atoms with Gasteiger partial charge in [0.05, 0.1) is 0 Å². The fourth-order valence-corrected chi connectivity index (χ4v) is 1.87. The lowest BCUT2D eigenvalue weighted by atomic mass is 10.1. The van der Waals surface area contributed by atoms with E-state index in [0.29, 0.717) is 0 Å². The molecule has 0 fully saturated rings. The topological polar surface area (TPSA) is 56.7 Å². The van der Waals surface area contributed by atoms with Gasteiger partial charge in [-0.1, -0.05) is 18.6 Å². The van der Waals surface area contributed by atoms with E-state index in [4.69, 9.17) is 5.73 Å². The van der Waals surface area contributed by atoms with Gasteiger partial charge in [-0.25, -0.2) is 9.67 Å². The quantitative estimate of drug-likeness (QED) is 0.823. The number of nitrogen functional groups attached to an aromatic ring is 1. The van der Waals surface area contributed by atoms with Crippen LogP contribution < -0.4 is 5.73 Å². The Kier molecular flexibility index (Phi) is 3.13. The number of aromatic nitrogens is 3. The van der Waals surface area contributed by atoms with Gasteiger partial charge in [-0.15, -0.1) is 0 Å². The van der Waals surface area contributed by atoms with Crippen LogP contribution in [0.2, 0.25) is 0 Å². The van der Waals surface area contributed by atoms with Gasteiger partial charge in [0, 0.05) is 24.7 Å². The van der Waals surface area contributed by atoms with Crippen molar-refractivity contribution in [3.8, 4) is 11.4 Å². The Morgan fingerprint density at radius 1 is 1.35 bits per heavy atom. The van der Waals surface area contributed by atoms with Crippen molar-refractivity contribution >= 4 is 5.69 Å². The maximum absolute atomic E-state index is 5.99. The third kappa shape index (κ3) is 2.30. The molecule has 1 aromatic carbocycles. The fraction of sp³-hybridized carbons (Fsp3) is 0.385. The maximum Gasteiger partial charge on any atom is 0.160 e. The van der Waals surface area contributed by atoms with Gasteiger partial charge in [0.2, 0.25) is 0 Å². The fourth-order valence-electron chi connectivity index (χ4n) is 1.87. The van der Waals surface area contributed by atoms with Gasteiger partial charge < -0.3 is 5.73 Å². The van der Waals surface area contributed by atoms with Crippen molar-refractivity contribution < 1.29 is 0 Å². The number of hydrogen-bond donors (Lipinski definition) is 1. The molecule has 4 nitrogen and oxygen atoms in total. The zero-order valence-corrected chi connectivity index (χ0v) is 10.6. The van der Waals surface area contributed by atoms with E-state index in [-0.39, 0.29) is 0 Å². The van der Waals surface area contributed by atoms with Gasteiger partial charge in [-0.3, -0.25) is 0 Å². The molecular weight excluding hydrogens is 212 g/mol. The van der Waals surface area contributed by atoms with Crippen LogP contribution in [0.25, 0.3) is 11.4 Å². The first-order valence-electron chi connectivity index (χ1n) is 5.88. The molecule has 2 aromatic rings. The highest BCUT2D eigenvalue weighted by molar-refractivity contribution is 5.72. The first-order valence-corrected chi connectivity index (χ1v) is 5.88. The van der Waals surface area contributed by atoms with Crippen molar-refractivity contribution in [2.45, 2.75) is 26.7 Å². The molecule has 0 spiro atoms. The smallest absolute Gasteiger partial charge is 0.160 e. The monoisotopic (exact) mass is 230 g/mol. The summed E-state index contributed by atoms with van der Waals surface area (Å²) < 4.78 is 1.80. The van der Waals surface area contributed by atoms with Crippen LogP contribution in [0.3, 0.4) is 0 Å². The van der Waals surface area contributed by atoms with Gasteiger partial charge >= 0.3 is 0 Å². The third-order valence-electron chi connectivity index (χ3n) is 2.73. The summed E-state index contributed by atoms with van der Waals surface area (Å²) in [6.07, 6.45) is 1.95. The van der Waals surface area contributed by atoms with Crippen LogP contribution in [0.1, 0.15) is 24.7 Å². The summed E-state index contributed by atoms with van der Waals surface area (Å²) in [6, 6.07) is 5.97. The Morgan fingerprint density at radius 3 is 2.82 bits per heavy atom. The summed E-state index contributed by atoms with van der Waals surface area (Å²) in [5.41, 5.74) is 8.87. The summed E-state index contributed by atoms with van der Waals surface area (Å²) in [7, 11) is 1.91. The molecule has 0 aliphatic heterocycles. The predicted molar refractivity (Wildman–Crippen MR) is 69.6 cm³/mol. The molecule has 90 valence electrons. The first kappa shape index (κ1) is 11.6. The molecule has 0 bridgehead atoms. The summed E-state index contributed by atoms with van der Waals surface area (Å²) in [5, 5.41) is 4.40. The van der Waals surface area contributed by atoms with E-state index in [1.54, 1.807) is 4.68 Å². The number of benzene rings is 1.